The van der Waals surface area contributed by atoms with Gasteiger partial charge in [-0.2, -0.15) is 0 Å². The second kappa shape index (κ2) is 8.12. The standard InChI is InChI=1S/C26H27NO2/c1-26(20-10-5-3-6-11-20,21-12-7-4-8-13-21)24-17-23(29-2)16-19(25(24)28)18-27-22-14-9-15-22/h3-8,10-13,16-18,22,28H,9,14-15H2,1-2H3. The number of methoxy groups -OCH3 is 1. The Morgan fingerprint density at radius 2 is 1.55 bits per heavy atom. The highest BCUT2D eigenvalue weighted by molar-refractivity contribution is 5.86. The molecule has 0 unspecified atom stereocenters. The van der Waals surface area contributed by atoms with Crippen molar-refractivity contribution in [2.75, 3.05) is 7.11 Å². The van der Waals surface area contributed by atoms with Crippen molar-refractivity contribution in [1.29, 1.82) is 0 Å². The molecule has 3 aromatic carbocycles. The van der Waals surface area contributed by atoms with Crippen molar-refractivity contribution in [3.63, 3.8) is 0 Å². The number of benzene rings is 3. The molecule has 3 heteroatoms. The fraction of sp³-hybridized carbons (Fsp3) is 0.269. The van der Waals surface area contributed by atoms with Gasteiger partial charge >= 0.3 is 0 Å². The van der Waals surface area contributed by atoms with Crippen molar-refractivity contribution >= 4 is 6.21 Å². The molecule has 0 radical (unpaired) electrons. The highest BCUT2D eigenvalue weighted by atomic mass is 16.5. The molecule has 0 aliphatic heterocycles. The maximum Gasteiger partial charge on any atom is 0.129 e. The molecule has 3 aromatic rings. The maximum absolute atomic E-state index is 11.3. The number of rotatable bonds is 6. The van der Waals surface area contributed by atoms with Crippen LogP contribution in [0.3, 0.4) is 0 Å². The summed E-state index contributed by atoms with van der Waals surface area (Å²) in [5.74, 6) is 0.968. The van der Waals surface area contributed by atoms with Crippen molar-refractivity contribution < 1.29 is 9.84 Å². The van der Waals surface area contributed by atoms with Crippen LogP contribution in [0.5, 0.6) is 11.5 Å². The number of aromatic hydroxyl groups is 1. The quantitative estimate of drug-likeness (QED) is 0.435. The van der Waals surface area contributed by atoms with Gasteiger partial charge in [0.1, 0.15) is 11.5 Å². The van der Waals surface area contributed by atoms with Gasteiger partial charge in [-0.1, -0.05) is 60.7 Å². The van der Waals surface area contributed by atoms with Crippen LogP contribution in [0.2, 0.25) is 0 Å². The summed E-state index contributed by atoms with van der Waals surface area (Å²) in [6.45, 7) is 2.15. The number of nitrogens with zero attached hydrogens (tertiary/aromatic N) is 1. The number of phenolic OH excluding ortho intramolecular Hbond substituents is 1. The Hall–Kier alpha value is -3.07. The lowest BCUT2D eigenvalue weighted by Gasteiger charge is -2.33. The Kier molecular flexibility index (Phi) is 5.39. The van der Waals surface area contributed by atoms with E-state index in [4.69, 9.17) is 4.74 Å². The van der Waals surface area contributed by atoms with Crippen LogP contribution >= 0.6 is 0 Å². The number of hydrogen-bond acceptors (Lipinski definition) is 3. The van der Waals surface area contributed by atoms with E-state index < -0.39 is 5.41 Å². The first-order valence-corrected chi connectivity index (χ1v) is 10.2. The van der Waals surface area contributed by atoms with E-state index in [0.29, 0.717) is 17.4 Å². The van der Waals surface area contributed by atoms with Crippen LogP contribution in [-0.2, 0) is 5.41 Å². The van der Waals surface area contributed by atoms with Gasteiger partial charge < -0.3 is 9.84 Å². The van der Waals surface area contributed by atoms with Gasteiger partial charge in [-0.25, -0.2) is 0 Å². The smallest absolute Gasteiger partial charge is 0.129 e. The van der Waals surface area contributed by atoms with Crippen LogP contribution < -0.4 is 4.74 Å². The molecule has 0 spiro atoms. The van der Waals surface area contributed by atoms with E-state index in [0.717, 1.165) is 29.5 Å². The first-order valence-electron chi connectivity index (χ1n) is 10.2. The third-order valence-electron chi connectivity index (χ3n) is 6.09. The molecule has 1 N–H and O–H groups in total. The minimum Gasteiger partial charge on any atom is -0.507 e. The normalized spacial score (nSPS) is 14.7. The van der Waals surface area contributed by atoms with Crippen LogP contribution in [0, 0.1) is 0 Å². The molecule has 0 amide bonds. The van der Waals surface area contributed by atoms with Gasteiger partial charge in [-0.3, -0.25) is 4.99 Å². The average Bonchev–Trinajstić information content (AvgIpc) is 2.74. The Bertz CT molecular complexity index is 952. The molecular weight excluding hydrogens is 358 g/mol. The molecule has 0 saturated heterocycles. The van der Waals surface area contributed by atoms with Crippen LogP contribution in [0.25, 0.3) is 0 Å². The van der Waals surface area contributed by atoms with Crippen molar-refractivity contribution in [3.05, 3.63) is 95.1 Å². The molecule has 148 valence electrons. The van der Waals surface area contributed by atoms with E-state index in [-0.39, 0.29) is 5.75 Å². The summed E-state index contributed by atoms with van der Waals surface area (Å²) < 4.78 is 5.59. The third-order valence-corrected chi connectivity index (χ3v) is 6.09. The van der Waals surface area contributed by atoms with E-state index in [1.807, 2.05) is 54.7 Å². The Morgan fingerprint density at radius 3 is 2.03 bits per heavy atom. The Labute approximate surface area is 172 Å². The van der Waals surface area contributed by atoms with Crippen LogP contribution in [0.4, 0.5) is 0 Å². The molecule has 1 aliphatic rings. The monoisotopic (exact) mass is 385 g/mol. The summed E-state index contributed by atoms with van der Waals surface area (Å²) in [6.07, 6.45) is 5.29. The molecule has 29 heavy (non-hydrogen) atoms. The lowest BCUT2D eigenvalue weighted by Crippen LogP contribution is -2.26. The molecule has 1 saturated carbocycles. The fourth-order valence-electron chi connectivity index (χ4n) is 3.97. The van der Waals surface area contributed by atoms with Gasteiger partial charge in [0.2, 0.25) is 0 Å². The molecule has 4 rings (SSSR count). The third kappa shape index (κ3) is 3.65. The van der Waals surface area contributed by atoms with Crippen molar-refractivity contribution in [1.82, 2.24) is 0 Å². The molecule has 1 fully saturated rings. The van der Waals surface area contributed by atoms with Crippen LogP contribution in [-0.4, -0.2) is 24.5 Å². The van der Waals surface area contributed by atoms with Crippen LogP contribution in [0.15, 0.2) is 77.8 Å². The van der Waals surface area contributed by atoms with Gasteiger partial charge in [0.05, 0.1) is 7.11 Å². The Morgan fingerprint density at radius 1 is 0.966 bits per heavy atom. The first-order chi connectivity index (χ1) is 14.1. The zero-order chi connectivity index (χ0) is 20.3. The number of hydrogen-bond donors (Lipinski definition) is 1. The predicted octanol–water partition coefficient (Wildman–Crippen LogP) is 5.73. The average molecular weight is 386 g/mol. The molecule has 0 atom stereocenters. The van der Waals surface area contributed by atoms with Gasteiger partial charge in [-0.15, -0.1) is 0 Å². The molecule has 0 bridgehead atoms. The summed E-state index contributed by atoms with van der Waals surface area (Å²) in [4.78, 5) is 4.66. The summed E-state index contributed by atoms with van der Waals surface area (Å²) in [6, 6.07) is 24.8. The number of phenols is 1. The minimum absolute atomic E-state index is 0.254. The number of aliphatic imine (C=N–C) groups is 1. The molecule has 1 aliphatic carbocycles. The Balaban J connectivity index is 1.91. The van der Waals surface area contributed by atoms with Gasteiger partial charge in [0.15, 0.2) is 0 Å². The lowest BCUT2D eigenvalue weighted by atomic mass is 9.70. The van der Waals surface area contributed by atoms with Gasteiger partial charge in [-0.05, 0) is 49.4 Å². The van der Waals surface area contributed by atoms with E-state index in [1.54, 1.807) is 7.11 Å². The van der Waals surface area contributed by atoms with Crippen LogP contribution in [0.1, 0.15) is 48.4 Å². The second-order valence-corrected chi connectivity index (χ2v) is 7.83. The molecular formula is C26H27NO2. The minimum atomic E-state index is -0.541. The fourth-order valence-corrected chi connectivity index (χ4v) is 3.97. The largest absolute Gasteiger partial charge is 0.507 e. The van der Waals surface area contributed by atoms with E-state index in [2.05, 4.69) is 36.2 Å². The van der Waals surface area contributed by atoms with E-state index in [9.17, 15) is 5.11 Å². The molecule has 0 heterocycles. The summed E-state index contributed by atoms with van der Waals surface area (Å²) in [5.41, 5.74) is 3.18. The van der Waals surface area contributed by atoms with Crippen molar-refractivity contribution in [3.8, 4) is 11.5 Å². The highest BCUT2D eigenvalue weighted by Crippen LogP contribution is 2.45. The van der Waals surface area contributed by atoms with Crippen molar-refractivity contribution in [2.24, 2.45) is 4.99 Å². The predicted molar refractivity (Wildman–Crippen MR) is 118 cm³/mol. The molecule has 0 aromatic heterocycles. The van der Waals surface area contributed by atoms with E-state index in [1.165, 1.54) is 6.42 Å². The van der Waals surface area contributed by atoms with Gasteiger partial charge in [0.25, 0.3) is 0 Å². The summed E-state index contributed by atoms with van der Waals surface area (Å²) >= 11 is 0. The second-order valence-electron chi connectivity index (χ2n) is 7.83. The highest BCUT2D eigenvalue weighted by Gasteiger charge is 2.34. The zero-order valence-electron chi connectivity index (χ0n) is 17.0. The topological polar surface area (TPSA) is 41.8 Å². The first kappa shape index (κ1) is 19.3. The summed E-state index contributed by atoms with van der Waals surface area (Å²) in [7, 11) is 1.66. The molecule has 3 nitrogen and oxygen atoms in total. The van der Waals surface area contributed by atoms with E-state index >= 15 is 0 Å². The van der Waals surface area contributed by atoms with Crippen molar-refractivity contribution in [2.45, 2.75) is 37.6 Å². The zero-order valence-corrected chi connectivity index (χ0v) is 17.0. The summed E-state index contributed by atoms with van der Waals surface area (Å²) in [5, 5.41) is 11.3. The SMILES string of the molecule is COc1cc(C=NC2CCC2)c(O)c(C(C)(c2ccccc2)c2ccccc2)c1. The van der Waals surface area contributed by atoms with Gasteiger partial charge in [0, 0.05) is 28.8 Å². The lowest BCUT2D eigenvalue weighted by molar-refractivity contribution is 0.407. The number of ether oxygens (including phenoxy) is 1. The maximum atomic E-state index is 11.3.